The molecule has 0 saturated heterocycles. The number of rotatable bonds is 7. The van der Waals surface area contributed by atoms with Crippen LogP contribution in [0.25, 0.3) is 0 Å². The zero-order valence-corrected chi connectivity index (χ0v) is 17.6. The fraction of sp³-hybridized carbons (Fsp3) is 0. The van der Waals surface area contributed by atoms with Gasteiger partial charge in [-0.1, -0.05) is 36.4 Å². The molecule has 0 amide bonds. The minimum Gasteiger partial charge on any atom is -0.379 e. The molecule has 4 aromatic rings. The van der Waals surface area contributed by atoms with Gasteiger partial charge in [-0.15, -0.1) is 0 Å². The van der Waals surface area contributed by atoms with Crippen molar-refractivity contribution in [1.29, 1.82) is 0 Å². The van der Waals surface area contributed by atoms with Crippen LogP contribution in [0, 0.1) is 0 Å². The lowest BCUT2D eigenvalue weighted by molar-refractivity contribution is 0.486. The topological polar surface area (TPSA) is 92.8 Å². The molecule has 158 valence electrons. The molecule has 4 rings (SSSR count). The van der Waals surface area contributed by atoms with E-state index in [9.17, 15) is 8.42 Å². The first-order valence-corrected chi connectivity index (χ1v) is 11.1. The molecule has 0 N–H and O–H groups in total. The lowest BCUT2D eigenvalue weighted by atomic mass is 10.3. The molecule has 0 saturated carbocycles. The Hall–Kier alpha value is -4.17. The van der Waals surface area contributed by atoms with Gasteiger partial charge in [0.15, 0.2) is 0 Å². The Morgan fingerprint density at radius 2 is 0.844 bits per heavy atom. The minimum atomic E-state index is -3.99. The van der Waals surface area contributed by atoms with Crippen molar-refractivity contribution in [3.8, 4) is 5.75 Å². The molecule has 4 aromatic carbocycles. The second-order valence-electron chi connectivity index (χ2n) is 6.60. The van der Waals surface area contributed by atoms with Crippen LogP contribution in [0.2, 0.25) is 0 Å². The van der Waals surface area contributed by atoms with Crippen LogP contribution in [-0.4, -0.2) is 8.42 Å². The zero-order chi connectivity index (χ0) is 22.2. The van der Waals surface area contributed by atoms with Gasteiger partial charge in [-0.25, -0.2) is 0 Å². The van der Waals surface area contributed by atoms with Crippen LogP contribution in [0.1, 0.15) is 0 Å². The van der Waals surface area contributed by atoms with Crippen molar-refractivity contribution in [3.05, 3.63) is 109 Å². The van der Waals surface area contributed by atoms with E-state index in [0.717, 1.165) is 5.69 Å². The van der Waals surface area contributed by atoms with E-state index in [1.54, 1.807) is 24.3 Å². The molecular weight excluding hydrogens is 424 g/mol. The lowest BCUT2D eigenvalue weighted by Gasteiger charge is -2.07. The van der Waals surface area contributed by atoms with E-state index in [1.165, 1.54) is 24.3 Å². The molecule has 32 heavy (non-hydrogen) atoms. The first kappa shape index (κ1) is 21.1. The Morgan fingerprint density at radius 1 is 0.469 bits per heavy atom. The van der Waals surface area contributed by atoms with E-state index < -0.39 is 10.1 Å². The van der Waals surface area contributed by atoms with E-state index in [-0.39, 0.29) is 10.6 Å². The molecule has 0 heterocycles. The summed E-state index contributed by atoms with van der Waals surface area (Å²) in [5.41, 5.74) is 2.54. The third-order valence-electron chi connectivity index (χ3n) is 4.24. The van der Waals surface area contributed by atoms with Crippen LogP contribution in [0.15, 0.2) is 135 Å². The average molecular weight is 443 g/mol. The van der Waals surface area contributed by atoms with Crippen molar-refractivity contribution in [2.45, 2.75) is 4.90 Å². The molecule has 0 aliphatic rings. The first-order chi connectivity index (χ1) is 15.6. The summed E-state index contributed by atoms with van der Waals surface area (Å²) in [6.07, 6.45) is 0. The molecule has 8 heteroatoms. The lowest BCUT2D eigenvalue weighted by Crippen LogP contribution is -2.09. The summed E-state index contributed by atoms with van der Waals surface area (Å²) in [7, 11) is -3.99. The van der Waals surface area contributed by atoms with Gasteiger partial charge in [0.25, 0.3) is 0 Å². The van der Waals surface area contributed by atoms with E-state index in [0.29, 0.717) is 17.1 Å². The zero-order valence-electron chi connectivity index (χ0n) is 16.8. The predicted octanol–water partition coefficient (Wildman–Crippen LogP) is 7.29. The highest BCUT2D eigenvalue weighted by atomic mass is 32.2. The van der Waals surface area contributed by atoms with Gasteiger partial charge in [0, 0.05) is 0 Å². The number of benzene rings is 4. The number of hydrogen-bond acceptors (Lipinski definition) is 7. The van der Waals surface area contributed by atoms with Crippen molar-refractivity contribution in [3.63, 3.8) is 0 Å². The monoisotopic (exact) mass is 442 g/mol. The highest BCUT2D eigenvalue weighted by Gasteiger charge is 2.16. The van der Waals surface area contributed by atoms with Gasteiger partial charge in [0.2, 0.25) is 0 Å². The SMILES string of the molecule is O=S(=O)(Oc1ccc(N=Nc2ccccc2)cc1)c1ccc(N=Nc2ccccc2)cc1. The fourth-order valence-corrected chi connectivity index (χ4v) is 3.57. The van der Waals surface area contributed by atoms with Crippen LogP contribution in [-0.2, 0) is 10.1 Å². The maximum absolute atomic E-state index is 12.6. The molecule has 0 fully saturated rings. The summed E-state index contributed by atoms with van der Waals surface area (Å²) < 4.78 is 30.4. The summed E-state index contributed by atoms with van der Waals surface area (Å²) in [6.45, 7) is 0. The Morgan fingerprint density at radius 3 is 1.28 bits per heavy atom. The van der Waals surface area contributed by atoms with Crippen LogP contribution >= 0.6 is 0 Å². The number of nitrogens with zero attached hydrogens (tertiary/aromatic N) is 4. The number of hydrogen-bond donors (Lipinski definition) is 0. The fourth-order valence-electron chi connectivity index (χ4n) is 2.64. The third-order valence-corrected chi connectivity index (χ3v) is 5.50. The van der Waals surface area contributed by atoms with Crippen molar-refractivity contribution < 1.29 is 12.6 Å². The molecular formula is C24H18N4O3S. The van der Waals surface area contributed by atoms with Crippen LogP contribution < -0.4 is 4.18 Å². The summed E-state index contributed by atoms with van der Waals surface area (Å²) in [4.78, 5) is 0.0176. The standard InChI is InChI=1S/C24H18N4O3S/c29-32(30,24-17-13-22(14-18-24)28-26-20-9-5-2-6-10-20)31-23-15-11-21(12-16-23)27-25-19-7-3-1-4-8-19/h1-18H. The second kappa shape index (κ2) is 9.76. The number of azo groups is 2. The molecule has 0 aliphatic heterocycles. The molecule has 0 radical (unpaired) electrons. The molecule has 0 spiro atoms. The van der Waals surface area contributed by atoms with E-state index in [1.807, 2.05) is 60.7 Å². The van der Waals surface area contributed by atoms with Crippen molar-refractivity contribution in [2.75, 3.05) is 0 Å². The van der Waals surface area contributed by atoms with E-state index in [2.05, 4.69) is 20.5 Å². The molecule has 0 atom stereocenters. The minimum absolute atomic E-state index is 0.0176. The quantitative estimate of drug-likeness (QED) is 0.222. The Bertz CT molecular complexity index is 1320. The summed E-state index contributed by atoms with van der Waals surface area (Å²) in [6, 6.07) is 30.9. The van der Waals surface area contributed by atoms with Crippen LogP contribution in [0.4, 0.5) is 22.7 Å². The van der Waals surface area contributed by atoms with Gasteiger partial charge in [0.1, 0.15) is 10.6 Å². The van der Waals surface area contributed by atoms with Gasteiger partial charge in [-0.2, -0.15) is 28.9 Å². The van der Waals surface area contributed by atoms with Crippen molar-refractivity contribution in [2.24, 2.45) is 20.5 Å². The Labute approximate surface area is 185 Å². The van der Waals surface area contributed by atoms with Crippen molar-refractivity contribution >= 4 is 32.9 Å². The molecule has 0 unspecified atom stereocenters. The van der Waals surface area contributed by atoms with E-state index in [4.69, 9.17) is 4.18 Å². The molecule has 0 bridgehead atoms. The van der Waals surface area contributed by atoms with Gasteiger partial charge < -0.3 is 4.18 Å². The summed E-state index contributed by atoms with van der Waals surface area (Å²) in [5.74, 6) is 0.177. The molecule has 7 nitrogen and oxygen atoms in total. The van der Waals surface area contributed by atoms with Gasteiger partial charge in [-0.05, 0) is 72.8 Å². The highest BCUT2D eigenvalue weighted by molar-refractivity contribution is 7.87. The molecule has 0 aliphatic carbocycles. The van der Waals surface area contributed by atoms with Crippen molar-refractivity contribution in [1.82, 2.24) is 0 Å². The van der Waals surface area contributed by atoms with Gasteiger partial charge in [0.05, 0.1) is 22.7 Å². The smallest absolute Gasteiger partial charge is 0.339 e. The summed E-state index contributed by atoms with van der Waals surface area (Å²) in [5, 5.41) is 16.5. The van der Waals surface area contributed by atoms with E-state index >= 15 is 0 Å². The largest absolute Gasteiger partial charge is 0.379 e. The average Bonchev–Trinajstić information content (AvgIpc) is 2.84. The third kappa shape index (κ3) is 5.71. The maximum atomic E-state index is 12.6. The van der Waals surface area contributed by atoms with Gasteiger partial charge in [-0.3, -0.25) is 0 Å². The van der Waals surface area contributed by atoms with Crippen LogP contribution in [0.5, 0.6) is 5.75 Å². The highest BCUT2D eigenvalue weighted by Crippen LogP contribution is 2.25. The Kier molecular flexibility index (Phi) is 6.43. The van der Waals surface area contributed by atoms with Crippen LogP contribution in [0.3, 0.4) is 0 Å². The normalized spacial score (nSPS) is 11.8. The maximum Gasteiger partial charge on any atom is 0.339 e. The second-order valence-corrected chi connectivity index (χ2v) is 8.14. The Balaban J connectivity index is 1.41. The first-order valence-electron chi connectivity index (χ1n) is 9.67. The molecule has 0 aromatic heterocycles. The predicted molar refractivity (Wildman–Crippen MR) is 122 cm³/mol. The summed E-state index contributed by atoms with van der Waals surface area (Å²) >= 11 is 0. The van der Waals surface area contributed by atoms with Gasteiger partial charge >= 0.3 is 10.1 Å².